The lowest BCUT2D eigenvalue weighted by Crippen LogP contribution is -2.40. The molecule has 5 nitrogen and oxygen atoms in total. The van der Waals surface area contributed by atoms with Gasteiger partial charge in [0.15, 0.2) is 0 Å². The highest BCUT2D eigenvalue weighted by Crippen LogP contribution is 2.26. The van der Waals surface area contributed by atoms with Crippen molar-refractivity contribution in [2.75, 3.05) is 38.1 Å². The van der Waals surface area contributed by atoms with Crippen LogP contribution in [0.5, 0.6) is 0 Å². The summed E-state index contributed by atoms with van der Waals surface area (Å²) in [6, 6.07) is 6.73. The normalized spacial score (nSPS) is 14.2. The monoisotopic (exact) mass is 347 g/mol. The van der Waals surface area contributed by atoms with Gasteiger partial charge in [0, 0.05) is 45.5 Å². The van der Waals surface area contributed by atoms with Crippen LogP contribution in [0.3, 0.4) is 0 Å². The fraction of sp³-hybridized carbons (Fsp3) is 0.650. The molecule has 0 spiro atoms. The Kier molecular flexibility index (Phi) is 6.71. The van der Waals surface area contributed by atoms with E-state index in [1.54, 1.807) is 4.90 Å². The number of benzene rings is 1. The molecule has 1 aromatic rings. The van der Waals surface area contributed by atoms with E-state index in [9.17, 15) is 4.79 Å². The average molecular weight is 348 g/mol. The molecule has 140 valence electrons. The van der Waals surface area contributed by atoms with Crippen molar-refractivity contribution in [3.05, 3.63) is 29.3 Å². The molecule has 1 heterocycles. The lowest BCUT2D eigenvalue weighted by atomic mass is 9.99. The summed E-state index contributed by atoms with van der Waals surface area (Å²) in [5, 5.41) is 3.44. The Morgan fingerprint density at radius 3 is 2.80 bits per heavy atom. The first-order valence-electron chi connectivity index (χ1n) is 9.31. The first kappa shape index (κ1) is 19.6. The van der Waals surface area contributed by atoms with Crippen LogP contribution in [-0.2, 0) is 17.7 Å². The number of aryl methyl sites for hydroxylation is 1. The van der Waals surface area contributed by atoms with Gasteiger partial charge in [-0.3, -0.25) is 0 Å². The highest BCUT2D eigenvalue weighted by atomic mass is 16.6. The number of hydrogen-bond acceptors (Lipinski definition) is 4. The first-order chi connectivity index (χ1) is 11.8. The van der Waals surface area contributed by atoms with E-state index in [1.165, 1.54) is 23.2 Å². The number of carbonyl (C=O) groups excluding carboxylic acids is 1. The van der Waals surface area contributed by atoms with E-state index < -0.39 is 5.60 Å². The maximum absolute atomic E-state index is 12.1. The van der Waals surface area contributed by atoms with Gasteiger partial charge >= 0.3 is 6.09 Å². The molecule has 1 amide bonds. The second-order valence-corrected chi connectivity index (χ2v) is 7.72. The van der Waals surface area contributed by atoms with Crippen LogP contribution in [0.25, 0.3) is 0 Å². The van der Waals surface area contributed by atoms with E-state index in [1.807, 2.05) is 27.7 Å². The summed E-state index contributed by atoms with van der Waals surface area (Å²) in [6.07, 6.45) is 2.14. The van der Waals surface area contributed by atoms with Gasteiger partial charge in [0.05, 0.1) is 0 Å². The zero-order valence-electron chi connectivity index (χ0n) is 16.4. The van der Waals surface area contributed by atoms with Crippen molar-refractivity contribution >= 4 is 11.8 Å². The van der Waals surface area contributed by atoms with Crippen molar-refractivity contribution in [2.45, 2.75) is 52.7 Å². The van der Waals surface area contributed by atoms with E-state index >= 15 is 0 Å². The van der Waals surface area contributed by atoms with Crippen molar-refractivity contribution in [3.8, 4) is 0 Å². The second kappa shape index (κ2) is 8.56. The molecule has 0 radical (unpaired) electrons. The van der Waals surface area contributed by atoms with Crippen LogP contribution >= 0.6 is 0 Å². The minimum atomic E-state index is -0.450. The molecule has 0 saturated carbocycles. The van der Waals surface area contributed by atoms with Crippen molar-refractivity contribution in [1.29, 1.82) is 0 Å². The number of fused-ring (bicyclic) bond motifs is 1. The maximum Gasteiger partial charge on any atom is 0.410 e. The van der Waals surface area contributed by atoms with E-state index in [0.29, 0.717) is 13.1 Å². The molecule has 0 atom stereocenters. The molecule has 0 saturated heterocycles. The number of ether oxygens (including phenoxy) is 1. The lowest BCUT2D eigenvalue weighted by molar-refractivity contribution is 0.0262. The van der Waals surface area contributed by atoms with Gasteiger partial charge in [-0.05, 0) is 57.7 Å². The van der Waals surface area contributed by atoms with Crippen LogP contribution in [-0.4, -0.2) is 49.8 Å². The molecular formula is C20H33N3O2. The van der Waals surface area contributed by atoms with Crippen molar-refractivity contribution < 1.29 is 9.53 Å². The highest BCUT2D eigenvalue weighted by molar-refractivity contribution is 5.68. The number of carbonyl (C=O) groups is 1. The number of hydrogen-bond donors (Lipinski definition) is 1. The standard InChI is InChI=1S/C20H33N3O2/c1-6-23(19(24)25-20(2,3)4)13-11-21-15-16-9-10-18-17(14-16)8-7-12-22(18)5/h9-10,14,21H,6-8,11-13,15H2,1-5H3. The summed E-state index contributed by atoms with van der Waals surface area (Å²) < 4.78 is 5.43. The molecule has 0 unspecified atom stereocenters. The lowest BCUT2D eigenvalue weighted by Gasteiger charge is -2.28. The Bertz CT molecular complexity index is 581. The SMILES string of the molecule is CCN(CCNCc1ccc2c(c1)CCCN2C)C(=O)OC(C)(C)C. The number of amides is 1. The van der Waals surface area contributed by atoms with Crippen LogP contribution in [0.4, 0.5) is 10.5 Å². The number of nitrogens with one attached hydrogen (secondary N) is 1. The largest absolute Gasteiger partial charge is 0.444 e. The minimum Gasteiger partial charge on any atom is -0.444 e. The molecule has 0 aliphatic carbocycles. The van der Waals surface area contributed by atoms with E-state index in [2.05, 4.69) is 35.5 Å². The molecule has 2 rings (SSSR count). The molecule has 0 fully saturated rings. The van der Waals surface area contributed by atoms with Crippen molar-refractivity contribution in [3.63, 3.8) is 0 Å². The Morgan fingerprint density at radius 2 is 2.12 bits per heavy atom. The predicted molar refractivity (Wildman–Crippen MR) is 103 cm³/mol. The Labute approximate surface area is 152 Å². The Hall–Kier alpha value is -1.75. The van der Waals surface area contributed by atoms with Gasteiger partial charge < -0.3 is 19.9 Å². The number of likely N-dealkylation sites (N-methyl/N-ethyl adjacent to an activating group) is 1. The summed E-state index contributed by atoms with van der Waals surface area (Å²) in [5.41, 5.74) is 3.65. The van der Waals surface area contributed by atoms with E-state index in [4.69, 9.17) is 4.74 Å². The predicted octanol–water partition coefficient (Wildman–Crippen LogP) is 3.42. The summed E-state index contributed by atoms with van der Waals surface area (Å²) in [6.45, 7) is 11.7. The average Bonchev–Trinajstić information content (AvgIpc) is 2.53. The summed E-state index contributed by atoms with van der Waals surface area (Å²) >= 11 is 0. The third-order valence-electron chi connectivity index (χ3n) is 4.42. The molecule has 1 aliphatic heterocycles. The van der Waals surface area contributed by atoms with Gasteiger partial charge in [-0.25, -0.2) is 4.79 Å². The van der Waals surface area contributed by atoms with Crippen molar-refractivity contribution in [2.24, 2.45) is 0 Å². The molecule has 0 aromatic heterocycles. The molecule has 5 heteroatoms. The van der Waals surface area contributed by atoms with Crippen LogP contribution in [0.2, 0.25) is 0 Å². The topological polar surface area (TPSA) is 44.8 Å². The number of anilines is 1. The van der Waals surface area contributed by atoms with Crippen LogP contribution in [0.15, 0.2) is 18.2 Å². The zero-order chi connectivity index (χ0) is 18.4. The first-order valence-corrected chi connectivity index (χ1v) is 9.31. The van der Waals surface area contributed by atoms with Crippen LogP contribution in [0.1, 0.15) is 45.2 Å². The third-order valence-corrected chi connectivity index (χ3v) is 4.42. The molecule has 1 N–H and O–H groups in total. The number of nitrogens with zero attached hydrogens (tertiary/aromatic N) is 2. The smallest absolute Gasteiger partial charge is 0.410 e. The molecular weight excluding hydrogens is 314 g/mol. The van der Waals surface area contributed by atoms with Gasteiger partial charge in [0.2, 0.25) is 0 Å². The van der Waals surface area contributed by atoms with Gasteiger partial charge in [-0.1, -0.05) is 12.1 Å². The van der Waals surface area contributed by atoms with Crippen LogP contribution in [0, 0.1) is 0 Å². The molecule has 1 aromatic carbocycles. The van der Waals surface area contributed by atoms with Gasteiger partial charge in [0.1, 0.15) is 5.60 Å². The zero-order valence-corrected chi connectivity index (χ0v) is 16.4. The summed E-state index contributed by atoms with van der Waals surface area (Å²) in [7, 11) is 2.16. The quantitative estimate of drug-likeness (QED) is 0.801. The second-order valence-electron chi connectivity index (χ2n) is 7.72. The fourth-order valence-corrected chi connectivity index (χ4v) is 3.10. The minimum absolute atomic E-state index is 0.242. The summed E-state index contributed by atoms with van der Waals surface area (Å²) in [4.78, 5) is 16.2. The third kappa shape index (κ3) is 5.92. The van der Waals surface area contributed by atoms with Gasteiger partial charge in [-0.2, -0.15) is 0 Å². The van der Waals surface area contributed by atoms with E-state index in [-0.39, 0.29) is 6.09 Å². The Balaban J connectivity index is 1.79. The fourth-order valence-electron chi connectivity index (χ4n) is 3.10. The van der Waals surface area contributed by atoms with Crippen LogP contribution < -0.4 is 10.2 Å². The maximum atomic E-state index is 12.1. The molecule has 25 heavy (non-hydrogen) atoms. The van der Waals surface area contributed by atoms with Gasteiger partial charge in [0.25, 0.3) is 0 Å². The number of rotatable bonds is 6. The highest BCUT2D eigenvalue weighted by Gasteiger charge is 2.20. The van der Waals surface area contributed by atoms with E-state index in [0.717, 1.165) is 26.1 Å². The molecule has 0 bridgehead atoms. The summed E-state index contributed by atoms with van der Waals surface area (Å²) in [5.74, 6) is 0. The Morgan fingerprint density at radius 1 is 1.36 bits per heavy atom. The van der Waals surface area contributed by atoms with Gasteiger partial charge in [-0.15, -0.1) is 0 Å². The van der Waals surface area contributed by atoms with Crippen molar-refractivity contribution in [1.82, 2.24) is 10.2 Å². The molecule has 1 aliphatic rings.